The number of anilines is 1. The molecule has 1 N–H and O–H groups in total. The zero-order valence-corrected chi connectivity index (χ0v) is 17.2. The molecule has 0 saturated carbocycles. The Morgan fingerprint density at radius 3 is 2.83 bits per heavy atom. The lowest BCUT2D eigenvalue weighted by Gasteiger charge is -2.18. The molecule has 3 aromatic heterocycles. The Hall–Kier alpha value is -3.48. The highest BCUT2D eigenvalue weighted by Crippen LogP contribution is 2.30. The fourth-order valence-corrected chi connectivity index (χ4v) is 4.07. The highest BCUT2D eigenvalue weighted by molar-refractivity contribution is 6.07. The molecule has 7 nitrogen and oxygen atoms in total. The Kier molecular flexibility index (Phi) is 4.58. The number of pyridine rings is 1. The summed E-state index contributed by atoms with van der Waals surface area (Å²) < 4.78 is 4.12. The van der Waals surface area contributed by atoms with Crippen molar-refractivity contribution in [1.29, 1.82) is 0 Å². The van der Waals surface area contributed by atoms with E-state index in [1.54, 1.807) is 12.4 Å². The number of rotatable bonds is 4. The summed E-state index contributed by atoms with van der Waals surface area (Å²) in [4.78, 5) is 22.1. The molecular formula is C23H24N6O. The number of amides is 1. The van der Waals surface area contributed by atoms with Gasteiger partial charge < -0.3 is 9.88 Å². The first-order valence-electron chi connectivity index (χ1n) is 10.4. The van der Waals surface area contributed by atoms with Crippen LogP contribution in [0.4, 0.5) is 5.69 Å². The van der Waals surface area contributed by atoms with Crippen LogP contribution >= 0.6 is 0 Å². The van der Waals surface area contributed by atoms with Gasteiger partial charge in [0.05, 0.1) is 17.4 Å². The van der Waals surface area contributed by atoms with Crippen LogP contribution in [0.3, 0.4) is 0 Å². The van der Waals surface area contributed by atoms with Crippen LogP contribution in [0.25, 0.3) is 22.4 Å². The molecular weight excluding hydrogens is 376 g/mol. The van der Waals surface area contributed by atoms with E-state index in [0.29, 0.717) is 5.56 Å². The SMILES string of the molecule is CC(C)n1ncc2cc(C(=O)Nc3ccccc3-c3ncc4n3CCCC4)cnc21. The first-order chi connectivity index (χ1) is 14.6. The fraction of sp³-hybridized carbons (Fsp3) is 0.304. The highest BCUT2D eigenvalue weighted by Gasteiger charge is 2.19. The maximum atomic E-state index is 13.0. The van der Waals surface area contributed by atoms with E-state index in [1.807, 2.05) is 41.2 Å². The molecule has 7 heteroatoms. The smallest absolute Gasteiger partial charge is 0.257 e. The molecule has 0 saturated heterocycles. The van der Waals surface area contributed by atoms with Crippen molar-refractivity contribution in [1.82, 2.24) is 24.3 Å². The summed E-state index contributed by atoms with van der Waals surface area (Å²) in [5, 5.41) is 8.29. The van der Waals surface area contributed by atoms with Gasteiger partial charge in [0.15, 0.2) is 5.65 Å². The molecule has 1 aliphatic heterocycles. The number of carbonyl (C=O) groups is 1. The molecule has 1 aliphatic rings. The summed E-state index contributed by atoms with van der Waals surface area (Å²) in [6.45, 7) is 5.08. The Bertz CT molecular complexity index is 1240. The monoisotopic (exact) mass is 400 g/mol. The molecule has 0 unspecified atom stereocenters. The standard InChI is InChI=1S/C23H24N6O/c1-15(2)29-21-16(13-26-29)11-17(12-24-21)23(30)27-20-9-4-3-8-19(20)22-25-14-18-7-5-6-10-28(18)22/h3-4,8-9,11-15H,5-7,10H2,1-2H3,(H,27,30). The highest BCUT2D eigenvalue weighted by atomic mass is 16.1. The number of aromatic nitrogens is 5. The van der Waals surface area contributed by atoms with E-state index in [2.05, 4.69) is 38.8 Å². The Morgan fingerprint density at radius 2 is 1.97 bits per heavy atom. The Labute approximate surface area is 174 Å². The average Bonchev–Trinajstić information content (AvgIpc) is 3.38. The van der Waals surface area contributed by atoms with Gasteiger partial charge in [-0.15, -0.1) is 0 Å². The van der Waals surface area contributed by atoms with Gasteiger partial charge in [0, 0.05) is 41.6 Å². The van der Waals surface area contributed by atoms with Crippen molar-refractivity contribution in [3.8, 4) is 11.4 Å². The first kappa shape index (κ1) is 18.5. The van der Waals surface area contributed by atoms with Crippen molar-refractivity contribution in [3.63, 3.8) is 0 Å². The molecule has 0 atom stereocenters. The number of para-hydroxylation sites is 1. The molecule has 0 spiro atoms. The zero-order chi connectivity index (χ0) is 20.7. The van der Waals surface area contributed by atoms with E-state index < -0.39 is 0 Å². The second-order valence-electron chi connectivity index (χ2n) is 8.00. The van der Waals surface area contributed by atoms with Crippen molar-refractivity contribution in [3.05, 3.63) is 60.2 Å². The minimum atomic E-state index is -0.195. The van der Waals surface area contributed by atoms with Crippen LogP contribution in [0.5, 0.6) is 0 Å². The number of imidazole rings is 1. The van der Waals surface area contributed by atoms with E-state index in [0.717, 1.165) is 47.5 Å². The normalized spacial score (nSPS) is 13.6. The third kappa shape index (κ3) is 3.16. The maximum Gasteiger partial charge on any atom is 0.257 e. The van der Waals surface area contributed by atoms with Crippen molar-refractivity contribution >= 4 is 22.6 Å². The predicted octanol–water partition coefficient (Wildman–Crippen LogP) is 4.46. The number of hydrogen-bond acceptors (Lipinski definition) is 4. The van der Waals surface area contributed by atoms with Gasteiger partial charge >= 0.3 is 0 Å². The molecule has 0 aliphatic carbocycles. The summed E-state index contributed by atoms with van der Waals surface area (Å²) >= 11 is 0. The van der Waals surface area contributed by atoms with E-state index >= 15 is 0 Å². The second-order valence-corrected chi connectivity index (χ2v) is 8.00. The Balaban J connectivity index is 1.46. The molecule has 30 heavy (non-hydrogen) atoms. The number of benzene rings is 1. The van der Waals surface area contributed by atoms with Crippen LogP contribution in [-0.2, 0) is 13.0 Å². The molecule has 4 heterocycles. The van der Waals surface area contributed by atoms with Gasteiger partial charge in [-0.05, 0) is 51.3 Å². The van der Waals surface area contributed by atoms with Crippen molar-refractivity contribution in [2.75, 3.05) is 5.32 Å². The molecule has 0 fully saturated rings. The molecule has 152 valence electrons. The summed E-state index contributed by atoms with van der Waals surface area (Å²) in [7, 11) is 0. The van der Waals surface area contributed by atoms with Gasteiger partial charge in [0.2, 0.25) is 0 Å². The zero-order valence-electron chi connectivity index (χ0n) is 17.2. The third-order valence-corrected chi connectivity index (χ3v) is 5.60. The third-order valence-electron chi connectivity index (χ3n) is 5.60. The van der Waals surface area contributed by atoms with Gasteiger partial charge in [0.25, 0.3) is 5.91 Å². The fourth-order valence-electron chi connectivity index (χ4n) is 4.07. The molecule has 1 aromatic carbocycles. The number of fused-ring (bicyclic) bond motifs is 2. The lowest BCUT2D eigenvalue weighted by atomic mass is 10.1. The predicted molar refractivity (Wildman–Crippen MR) is 116 cm³/mol. The number of nitrogens with zero attached hydrogens (tertiary/aromatic N) is 5. The lowest BCUT2D eigenvalue weighted by molar-refractivity contribution is 0.102. The molecule has 0 bridgehead atoms. The van der Waals surface area contributed by atoms with Crippen molar-refractivity contribution in [2.45, 2.75) is 45.7 Å². The number of carbonyl (C=O) groups excluding carboxylic acids is 1. The van der Waals surface area contributed by atoms with Gasteiger partial charge in [-0.3, -0.25) is 4.79 Å². The van der Waals surface area contributed by atoms with Crippen LogP contribution in [0.15, 0.2) is 48.9 Å². The van der Waals surface area contributed by atoms with Crippen LogP contribution in [0.1, 0.15) is 48.8 Å². The number of nitrogens with one attached hydrogen (secondary N) is 1. The summed E-state index contributed by atoms with van der Waals surface area (Å²) in [5.41, 5.74) is 4.23. The van der Waals surface area contributed by atoms with E-state index in [-0.39, 0.29) is 11.9 Å². The van der Waals surface area contributed by atoms with Crippen LogP contribution in [0, 0.1) is 0 Å². The van der Waals surface area contributed by atoms with Gasteiger partial charge in [-0.25, -0.2) is 14.6 Å². The molecule has 5 rings (SSSR count). The molecule has 1 amide bonds. The first-order valence-corrected chi connectivity index (χ1v) is 10.4. The van der Waals surface area contributed by atoms with Gasteiger partial charge in [0.1, 0.15) is 5.82 Å². The largest absolute Gasteiger partial charge is 0.328 e. The quantitative estimate of drug-likeness (QED) is 0.548. The van der Waals surface area contributed by atoms with Gasteiger partial charge in [-0.2, -0.15) is 5.10 Å². The second kappa shape index (κ2) is 7.40. The summed E-state index contributed by atoms with van der Waals surface area (Å²) in [6.07, 6.45) is 8.73. The molecule has 4 aromatic rings. The van der Waals surface area contributed by atoms with E-state index in [1.165, 1.54) is 12.1 Å². The topological polar surface area (TPSA) is 77.6 Å². The van der Waals surface area contributed by atoms with Crippen LogP contribution < -0.4 is 5.32 Å². The van der Waals surface area contributed by atoms with Gasteiger partial charge in [-0.1, -0.05) is 12.1 Å². The van der Waals surface area contributed by atoms with Crippen molar-refractivity contribution in [2.24, 2.45) is 0 Å². The van der Waals surface area contributed by atoms with E-state index in [4.69, 9.17) is 0 Å². The minimum absolute atomic E-state index is 0.195. The number of aryl methyl sites for hydroxylation is 1. The summed E-state index contributed by atoms with van der Waals surface area (Å²) in [5.74, 6) is 0.715. The summed E-state index contributed by atoms with van der Waals surface area (Å²) in [6, 6.07) is 9.87. The van der Waals surface area contributed by atoms with E-state index in [9.17, 15) is 4.79 Å². The molecule has 0 radical (unpaired) electrons. The lowest BCUT2D eigenvalue weighted by Crippen LogP contribution is -2.15. The maximum absolute atomic E-state index is 13.0. The average molecular weight is 400 g/mol. The van der Waals surface area contributed by atoms with Crippen LogP contribution in [0.2, 0.25) is 0 Å². The van der Waals surface area contributed by atoms with Crippen molar-refractivity contribution < 1.29 is 4.79 Å². The Morgan fingerprint density at radius 1 is 1.10 bits per heavy atom. The minimum Gasteiger partial charge on any atom is -0.328 e. The van der Waals surface area contributed by atoms with Crippen LogP contribution in [-0.4, -0.2) is 30.2 Å². The number of hydrogen-bond donors (Lipinski definition) is 1.